The van der Waals surface area contributed by atoms with Crippen molar-refractivity contribution in [2.75, 3.05) is 43.4 Å². The van der Waals surface area contributed by atoms with E-state index in [9.17, 15) is 4.79 Å². The number of hydrogen-bond acceptors (Lipinski definition) is 8. The summed E-state index contributed by atoms with van der Waals surface area (Å²) < 4.78 is 0. The number of anilines is 2. The van der Waals surface area contributed by atoms with Gasteiger partial charge in [0, 0.05) is 55.1 Å². The van der Waals surface area contributed by atoms with Crippen molar-refractivity contribution in [2.24, 2.45) is 5.41 Å². The number of pyridine rings is 3. The number of hydrogen-bond donors (Lipinski definition) is 3. The summed E-state index contributed by atoms with van der Waals surface area (Å²) in [6.45, 7) is 9.50. The van der Waals surface area contributed by atoms with Gasteiger partial charge >= 0.3 is 0 Å². The largest absolute Gasteiger partial charge is 0.366 e. The number of rotatable bonds is 4. The molecule has 1 aliphatic heterocycles. The summed E-state index contributed by atoms with van der Waals surface area (Å²) in [6.07, 6.45) is 8.85. The molecule has 1 saturated heterocycles. The molecular formula is C27H30N10O. The van der Waals surface area contributed by atoms with Crippen LogP contribution in [0.15, 0.2) is 43.1 Å². The van der Waals surface area contributed by atoms with Crippen molar-refractivity contribution in [3.63, 3.8) is 0 Å². The second-order valence-corrected chi connectivity index (χ2v) is 10.8. The average Bonchev–Trinajstić information content (AvgIpc) is 3.52. The van der Waals surface area contributed by atoms with Crippen LogP contribution in [0.1, 0.15) is 20.8 Å². The smallest absolute Gasteiger partial charge is 0.229 e. The van der Waals surface area contributed by atoms with Crippen molar-refractivity contribution >= 4 is 39.3 Å². The van der Waals surface area contributed by atoms with Gasteiger partial charge in [-0.05, 0) is 19.2 Å². The van der Waals surface area contributed by atoms with Gasteiger partial charge in [-0.1, -0.05) is 20.8 Å². The number of fused-ring (bicyclic) bond motifs is 2. The molecule has 0 bridgehead atoms. The van der Waals surface area contributed by atoms with Gasteiger partial charge in [0.25, 0.3) is 0 Å². The van der Waals surface area contributed by atoms with E-state index in [1.807, 2.05) is 39.1 Å². The zero-order chi connectivity index (χ0) is 26.4. The average molecular weight is 511 g/mol. The molecule has 0 spiro atoms. The van der Waals surface area contributed by atoms with Gasteiger partial charge in [-0.3, -0.25) is 19.9 Å². The van der Waals surface area contributed by atoms with Crippen LogP contribution in [0.2, 0.25) is 0 Å². The van der Waals surface area contributed by atoms with E-state index in [0.717, 1.165) is 65.1 Å². The first-order valence-corrected chi connectivity index (χ1v) is 12.6. The number of imidazole rings is 1. The van der Waals surface area contributed by atoms with Gasteiger partial charge in [-0.2, -0.15) is 5.10 Å². The SMILES string of the molecule is CN1CCN(c2cncc3[nH]c(-c4[nH]nc5ncc(-c6cncc(NC(=O)C(C)(C)C)c6)cc45)nc23)CC1. The van der Waals surface area contributed by atoms with Crippen LogP contribution in [-0.2, 0) is 4.79 Å². The van der Waals surface area contributed by atoms with Crippen molar-refractivity contribution in [1.82, 2.24) is 40.0 Å². The Morgan fingerprint density at radius 3 is 2.53 bits per heavy atom. The van der Waals surface area contributed by atoms with Crippen LogP contribution in [0.3, 0.4) is 0 Å². The Labute approximate surface area is 219 Å². The van der Waals surface area contributed by atoms with E-state index in [2.05, 4.69) is 52.3 Å². The second-order valence-electron chi connectivity index (χ2n) is 10.8. The molecule has 5 aromatic rings. The predicted octanol–water partition coefficient (Wildman–Crippen LogP) is 3.69. The summed E-state index contributed by atoms with van der Waals surface area (Å²) in [4.78, 5) is 38.8. The van der Waals surface area contributed by atoms with Crippen LogP contribution < -0.4 is 10.2 Å². The summed E-state index contributed by atoms with van der Waals surface area (Å²) >= 11 is 0. The molecule has 11 heteroatoms. The maximum atomic E-state index is 12.5. The molecule has 0 aromatic carbocycles. The Morgan fingerprint density at radius 1 is 0.974 bits per heavy atom. The highest BCUT2D eigenvalue weighted by molar-refractivity contribution is 5.97. The van der Waals surface area contributed by atoms with Crippen molar-refractivity contribution in [2.45, 2.75) is 20.8 Å². The lowest BCUT2D eigenvalue weighted by molar-refractivity contribution is -0.123. The molecule has 6 heterocycles. The molecule has 38 heavy (non-hydrogen) atoms. The number of amides is 1. The molecule has 5 aromatic heterocycles. The van der Waals surface area contributed by atoms with E-state index in [1.165, 1.54) is 0 Å². The van der Waals surface area contributed by atoms with Crippen LogP contribution in [0.25, 0.3) is 44.7 Å². The van der Waals surface area contributed by atoms with Gasteiger partial charge in [0.2, 0.25) is 5.91 Å². The standard InChI is InChI=1S/C27H30N10O/c1-27(2,3)26(38)31-18-9-16(11-28-13-18)17-10-19-22(34-35-24(19)30-12-17)25-32-20-14-29-15-21(23(20)33-25)37-7-5-36(4)6-8-37/h9-15H,5-8H2,1-4H3,(H,31,38)(H,32,33)(H,30,34,35). The van der Waals surface area contributed by atoms with E-state index in [4.69, 9.17) is 4.98 Å². The van der Waals surface area contributed by atoms with Gasteiger partial charge < -0.3 is 20.1 Å². The number of carbonyl (C=O) groups excluding carboxylic acids is 1. The maximum Gasteiger partial charge on any atom is 0.229 e. The summed E-state index contributed by atoms with van der Waals surface area (Å²) in [7, 11) is 2.14. The molecule has 0 saturated carbocycles. The number of nitrogens with zero attached hydrogens (tertiary/aromatic N) is 7. The molecule has 194 valence electrons. The summed E-state index contributed by atoms with van der Waals surface area (Å²) in [5, 5.41) is 11.3. The zero-order valence-electron chi connectivity index (χ0n) is 21.9. The van der Waals surface area contributed by atoms with Crippen molar-refractivity contribution < 1.29 is 4.79 Å². The quantitative estimate of drug-likeness (QED) is 0.334. The van der Waals surface area contributed by atoms with E-state index in [-0.39, 0.29) is 5.91 Å². The molecule has 1 fully saturated rings. The van der Waals surface area contributed by atoms with Crippen molar-refractivity contribution in [1.29, 1.82) is 0 Å². The lowest BCUT2D eigenvalue weighted by atomic mass is 9.95. The monoisotopic (exact) mass is 510 g/mol. The van der Waals surface area contributed by atoms with E-state index < -0.39 is 5.41 Å². The van der Waals surface area contributed by atoms with Gasteiger partial charge in [0.15, 0.2) is 11.5 Å². The number of carbonyl (C=O) groups is 1. The predicted molar refractivity (Wildman–Crippen MR) is 148 cm³/mol. The molecule has 11 nitrogen and oxygen atoms in total. The van der Waals surface area contributed by atoms with E-state index in [1.54, 1.807) is 24.8 Å². The van der Waals surface area contributed by atoms with Crippen LogP contribution >= 0.6 is 0 Å². The second kappa shape index (κ2) is 9.18. The fourth-order valence-electron chi connectivity index (χ4n) is 4.54. The lowest BCUT2D eigenvalue weighted by Crippen LogP contribution is -2.44. The highest BCUT2D eigenvalue weighted by atomic mass is 16.2. The molecule has 0 aliphatic carbocycles. The maximum absolute atomic E-state index is 12.5. The third kappa shape index (κ3) is 4.45. The van der Waals surface area contributed by atoms with Gasteiger partial charge in [-0.25, -0.2) is 9.97 Å². The summed E-state index contributed by atoms with van der Waals surface area (Å²) in [5.41, 5.74) is 5.95. The van der Waals surface area contributed by atoms with E-state index >= 15 is 0 Å². The lowest BCUT2D eigenvalue weighted by Gasteiger charge is -2.33. The third-order valence-electron chi connectivity index (χ3n) is 6.88. The minimum absolute atomic E-state index is 0.0718. The normalized spacial score (nSPS) is 14.9. The van der Waals surface area contributed by atoms with Crippen LogP contribution in [0.4, 0.5) is 11.4 Å². The molecule has 0 unspecified atom stereocenters. The highest BCUT2D eigenvalue weighted by Crippen LogP contribution is 2.32. The Morgan fingerprint density at radius 2 is 1.74 bits per heavy atom. The Hall–Kier alpha value is -4.38. The molecular weight excluding hydrogens is 480 g/mol. The molecule has 1 aliphatic rings. The van der Waals surface area contributed by atoms with Crippen LogP contribution in [0.5, 0.6) is 0 Å². The Bertz CT molecular complexity index is 1640. The highest BCUT2D eigenvalue weighted by Gasteiger charge is 2.22. The molecule has 6 rings (SSSR count). The Kier molecular flexibility index (Phi) is 5.79. The molecule has 0 atom stereocenters. The number of nitrogens with one attached hydrogen (secondary N) is 3. The first kappa shape index (κ1) is 24.0. The minimum atomic E-state index is -0.505. The van der Waals surface area contributed by atoms with Gasteiger partial charge in [-0.15, -0.1) is 0 Å². The molecule has 0 radical (unpaired) electrons. The fraction of sp³-hybridized carbons (Fsp3) is 0.333. The topological polar surface area (TPSA) is 132 Å². The molecule has 1 amide bonds. The number of aromatic nitrogens is 7. The number of likely N-dealkylation sites (N-methyl/N-ethyl adjacent to an activating group) is 1. The van der Waals surface area contributed by atoms with Crippen molar-refractivity contribution in [3.05, 3.63) is 43.1 Å². The molecule has 3 N–H and O–H groups in total. The summed E-state index contributed by atoms with van der Waals surface area (Å²) in [6, 6.07) is 3.91. The van der Waals surface area contributed by atoms with Gasteiger partial charge in [0.05, 0.1) is 40.9 Å². The zero-order valence-corrected chi connectivity index (χ0v) is 21.9. The third-order valence-corrected chi connectivity index (χ3v) is 6.88. The van der Waals surface area contributed by atoms with Crippen molar-refractivity contribution in [3.8, 4) is 22.6 Å². The first-order chi connectivity index (χ1) is 18.3. The number of H-pyrrole nitrogens is 2. The van der Waals surface area contributed by atoms with Gasteiger partial charge in [0.1, 0.15) is 11.2 Å². The summed E-state index contributed by atoms with van der Waals surface area (Å²) in [5.74, 6) is 0.603. The Balaban J connectivity index is 1.35. The first-order valence-electron chi connectivity index (χ1n) is 12.6. The van der Waals surface area contributed by atoms with Crippen LogP contribution in [-0.4, -0.2) is 79.2 Å². The fourth-order valence-corrected chi connectivity index (χ4v) is 4.54. The van der Waals surface area contributed by atoms with Crippen LogP contribution in [0, 0.1) is 5.41 Å². The number of piperazine rings is 1. The number of aromatic amines is 2. The minimum Gasteiger partial charge on any atom is -0.366 e. The van der Waals surface area contributed by atoms with E-state index in [0.29, 0.717) is 17.2 Å².